The van der Waals surface area contributed by atoms with Gasteiger partial charge in [0.2, 0.25) is 0 Å². The van der Waals surface area contributed by atoms with Crippen LogP contribution in [0.2, 0.25) is 0 Å². The Hall–Kier alpha value is -1.78. The number of thioether (sulfide) groups is 1. The number of benzene rings is 2. The summed E-state index contributed by atoms with van der Waals surface area (Å²) in [6.07, 6.45) is 3.99. The Kier molecular flexibility index (Phi) is 6.49. The second kappa shape index (κ2) is 8.61. The third-order valence-corrected chi connectivity index (χ3v) is 4.33. The van der Waals surface area contributed by atoms with E-state index < -0.39 is 0 Å². The normalized spacial score (nSPS) is 11.1. The van der Waals surface area contributed by atoms with Gasteiger partial charge in [-0.2, -0.15) is 0 Å². The van der Waals surface area contributed by atoms with Crippen molar-refractivity contribution in [2.75, 3.05) is 13.4 Å². The minimum Gasteiger partial charge on any atom is -0.497 e. The van der Waals surface area contributed by atoms with Gasteiger partial charge in [-0.1, -0.05) is 42.5 Å². The fourth-order valence-electron chi connectivity index (χ4n) is 1.98. The molecule has 114 valence electrons. The van der Waals surface area contributed by atoms with Gasteiger partial charge in [0.05, 0.1) is 11.3 Å². The molecule has 0 bridgehead atoms. The number of hydrogen-bond acceptors (Lipinski definition) is 4. The SMILES string of the molecule is COc1ccc(/C(=C/C(=S)SC)NCc2ccccc2)cc1. The number of ether oxygens (including phenoxy) is 1. The lowest BCUT2D eigenvalue weighted by Crippen LogP contribution is -2.12. The Morgan fingerprint density at radius 3 is 2.41 bits per heavy atom. The van der Waals surface area contributed by atoms with Gasteiger partial charge in [-0.3, -0.25) is 0 Å². The molecule has 0 unspecified atom stereocenters. The third kappa shape index (κ3) is 4.90. The van der Waals surface area contributed by atoms with Crippen LogP contribution in [-0.4, -0.2) is 17.6 Å². The number of nitrogens with one attached hydrogen (secondary N) is 1. The summed E-state index contributed by atoms with van der Waals surface area (Å²) in [5.74, 6) is 0.846. The zero-order valence-corrected chi connectivity index (χ0v) is 14.3. The van der Waals surface area contributed by atoms with Crippen molar-refractivity contribution in [3.05, 3.63) is 71.8 Å². The number of hydrogen-bond donors (Lipinski definition) is 1. The molecule has 4 heteroatoms. The largest absolute Gasteiger partial charge is 0.497 e. The summed E-state index contributed by atoms with van der Waals surface area (Å²) in [5.41, 5.74) is 3.34. The Balaban J connectivity index is 2.18. The molecule has 0 aromatic heterocycles. The van der Waals surface area contributed by atoms with E-state index in [4.69, 9.17) is 17.0 Å². The van der Waals surface area contributed by atoms with E-state index in [1.54, 1.807) is 18.9 Å². The topological polar surface area (TPSA) is 21.3 Å². The lowest BCUT2D eigenvalue weighted by molar-refractivity contribution is 0.415. The van der Waals surface area contributed by atoms with E-state index in [0.717, 1.165) is 27.8 Å². The molecule has 0 atom stereocenters. The predicted octanol–water partition coefficient (Wildman–Crippen LogP) is 4.52. The highest BCUT2D eigenvalue weighted by atomic mass is 32.2. The summed E-state index contributed by atoms with van der Waals surface area (Å²) in [4.78, 5) is 0. The van der Waals surface area contributed by atoms with E-state index in [9.17, 15) is 0 Å². The first-order chi connectivity index (χ1) is 10.7. The third-order valence-electron chi connectivity index (χ3n) is 3.19. The molecule has 2 nitrogen and oxygen atoms in total. The summed E-state index contributed by atoms with van der Waals surface area (Å²) < 4.78 is 6.06. The van der Waals surface area contributed by atoms with Crippen LogP contribution in [0.1, 0.15) is 11.1 Å². The van der Waals surface area contributed by atoms with E-state index in [0.29, 0.717) is 0 Å². The van der Waals surface area contributed by atoms with Crippen molar-refractivity contribution in [1.82, 2.24) is 5.32 Å². The number of methoxy groups -OCH3 is 1. The van der Waals surface area contributed by atoms with Crippen LogP contribution in [0.15, 0.2) is 60.7 Å². The van der Waals surface area contributed by atoms with Crippen LogP contribution in [0, 0.1) is 0 Å². The molecule has 22 heavy (non-hydrogen) atoms. The van der Waals surface area contributed by atoms with Crippen LogP contribution in [0.4, 0.5) is 0 Å². The van der Waals surface area contributed by atoms with Crippen LogP contribution in [-0.2, 0) is 6.54 Å². The van der Waals surface area contributed by atoms with Gasteiger partial charge in [0.15, 0.2) is 0 Å². The summed E-state index contributed by atoms with van der Waals surface area (Å²) in [6, 6.07) is 18.3. The molecule has 2 aromatic carbocycles. The van der Waals surface area contributed by atoms with Crippen LogP contribution in [0.3, 0.4) is 0 Å². The first-order valence-electron chi connectivity index (χ1n) is 6.95. The number of thiocarbonyl (C=S) groups is 1. The van der Waals surface area contributed by atoms with Crippen molar-refractivity contribution in [3.63, 3.8) is 0 Å². The summed E-state index contributed by atoms with van der Waals surface area (Å²) in [7, 11) is 1.67. The van der Waals surface area contributed by atoms with Gasteiger partial charge in [-0.25, -0.2) is 0 Å². The average molecular weight is 329 g/mol. The predicted molar refractivity (Wildman–Crippen MR) is 100 cm³/mol. The van der Waals surface area contributed by atoms with Gasteiger partial charge < -0.3 is 10.1 Å². The maximum absolute atomic E-state index is 5.33. The summed E-state index contributed by atoms with van der Waals surface area (Å²) in [5, 5.41) is 3.47. The van der Waals surface area contributed by atoms with E-state index in [2.05, 4.69) is 17.4 Å². The minimum atomic E-state index is 0.760. The maximum Gasteiger partial charge on any atom is 0.118 e. The van der Waals surface area contributed by atoms with E-state index >= 15 is 0 Å². The fraction of sp³-hybridized carbons (Fsp3) is 0.167. The lowest BCUT2D eigenvalue weighted by atomic mass is 10.1. The molecule has 0 aliphatic rings. The van der Waals surface area contributed by atoms with Crippen molar-refractivity contribution in [2.24, 2.45) is 0 Å². The molecule has 0 radical (unpaired) electrons. The first-order valence-corrected chi connectivity index (χ1v) is 8.58. The number of rotatable bonds is 6. The highest BCUT2D eigenvalue weighted by Gasteiger charge is 2.04. The molecule has 2 aromatic rings. The van der Waals surface area contributed by atoms with Crippen LogP contribution in [0.5, 0.6) is 5.75 Å². The molecule has 0 amide bonds. The van der Waals surface area contributed by atoms with Crippen molar-refractivity contribution < 1.29 is 4.74 Å². The zero-order chi connectivity index (χ0) is 15.8. The van der Waals surface area contributed by atoms with E-state index in [1.807, 2.05) is 54.8 Å². The molecule has 0 heterocycles. The molecule has 0 aliphatic heterocycles. The van der Waals surface area contributed by atoms with Gasteiger partial charge in [0.25, 0.3) is 0 Å². The molecule has 0 fully saturated rings. The Morgan fingerprint density at radius 1 is 1.14 bits per heavy atom. The molecule has 1 N–H and O–H groups in total. The van der Waals surface area contributed by atoms with Gasteiger partial charge in [0.1, 0.15) is 5.75 Å². The van der Waals surface area contributed by atoms with E-state index in [1.165, 1.54) is 5.56 Å². The van der Waals surface area contributed by atoms with Crippen LogP contribution in [0.25, 0.3) is 5.70 Å². The van der Waals surface area contributed by atoms with Crippen molar-refractivity contribution in [2.45, 2.75) is 6.54 Å². The summed E-state index contributed by atoms with van der Waals surface area (Å²) in [6.45, 7) is 0.760. The van der Waals surface area contributed by atoms with E-state index in [-0.39, 0.29) is 0 Å². The quantitative estimate of drug-likeness (QED) is 0.621. The standard InChI is InChI=1S/C18H19NOS2/c1-20-16-10-8-15(9-11-16)17(12-18(21)22-2)19-13-14-6-4-3-5-7-14/h3-12,19H,13H2,1-2H3/b17-12-. The molecule has 2 rings (SSSR count). The van der Waals surface area contributed by atoms with Gasteiger partial charge in [0, 0.05) is 12.2 Å². The molecular formula is C18H19NOS2. The molecular weight excluding hydrogens is 310 g/mol. The van der Waals surface area contributed by atoms with Crippen molar-refractivity contribution >= 4 is 33.9 Å². The zero-order valence-electron chi connectivity index (χ0n) is 12.7. The smallest absolute Gasteiger partial charge is 0.118 e. The highest BCUT2D eigenvalue weighted by Crippen LogP contribution is 2.19. The second-order valence-electron chi connectivity index (χ2n) is 4.65. The van der Waals surface area contributed by atoms with Gasteiger partial charge in [-0.15, -0.1) is 11.8 Å². The average Bonchev–Trinajstić information content (AvgIpc) is 2.59. The molecule has 0 aliphatic carbocycles. The Bertz CT molecular complexity index is 636. The Labute approximate surface area is 141 Å². The maximum atomic E-state index is 5.33. The monoisotopic (exact) mass is 329 g/mol. The minimum absolute atomic E-state index is 0.760. The van der Waals surface area contributed by atoms with Crippen molar-refractivity contribution in [1.29, 1.82) is 0 Å². The van der Waals surface area contributed by atoms with Crippen LogP contribution >= 0.6 is 24.0 Å². The van der Waals surface area contributed by atoms with Crippen molar-refractivity contribution in [3.8, 4) is 5.75 Å². The fourth-order valence-corrected chi connectivity index (χ4v) is 2.33. The second-order valence-corrected chi connectivity index (χ2v) is 6.20. The molecule has 0 spiro atoms. The molecule has 0 saturated heterocycles. The lowest BCUT2D eigenvalue weighted by Gasteiger charge is -2.12. The highest BCUT2D eigenvalue weighted by molar-refractivity contribution is 8.23. The first kappa shape index (κ1) is 16.6. The van der Waals surface area contributed by atoms with Gasteiger partial charge in [-0.05, 0) is 47.7 Å². The van der Waals surface area contributed by atoms with Crippen LogP contribution < -0.4 is 10.1 Å². The summed E-state index contributed by atoms with van der Waals surface area (Å²) >= 11 is 6.90. The van der Waals surface area contributed by atoms with Gasteiger partial charge >= 0.3 is 0 Å². The Morgan fingerprint density at radius 2 is 1.82 bits per heavy atom. The molecule has 0 saturated carbocycles.